The maximum atomic E-state index is 11.1. The van der Waals surface area contributed by atoms with Gasteiger partial charge in [0.05, 0.1) is 17.9 Å². The minimum atomic E-state index is 0.218. The molecule has 3 N–H and O–H groups in total. The number of nitrogens with one attached hydrogen (secondary N) is 1. The fourth-order valence-electron chi connectivity index (χ4n) is 2.06. The van der Waals surface area contributed by atoms with Crippen molar-refractivity contribution in [2.24, 2.45) is 0 Å². The Labute approximate surface area is 111 Å². The van der Waals surface area contributed by atoms with Crippen LogP contribution in [0.3, 0.4) is 0 Å². The Morgan fingerprint density at radius 3 is 2.74 bits per heavy atom. The highest BCUT2D eigenvalue weighted by molar-refractivity contribution is 5.92. The van der Waals surface area contributed by atoms with E-state index >= 15 is 0 Å². The Morgan fingerprint density at radius 2 is 2.11 bits per heavy atom. The average Bonchev–Trinajstić information content (AvgIpc) is 2.74. The lowest BCUT2D eigenvalue weighted by atomic mass is 9.99. The lowest BCUT2D eigenvalue weighted by Gasteiger charge is -2.12. The van der Waals surface area contributed by atoms with Crippen LogP contribution in [0.1, 0.15) is 28.4 Å². The van der Waals surface area contributed by atoms with Gasteiger partial charge in [-0.2, -0.15) is 5.10 Å². The molecule has 0 spiro atoms. The molecule has 0 radical (unpaired) electrons. The number of aldehydes is 1. The summed E-state index contributed by atoms with van der Waals surface area (Å²) in [6, 6.07) is 3.93. The normalized spacial score (nSPS) is 10.5. The first-order chi connectivity index (χ1) is 9.08. The van der Waals surface area contributed by atoms with Crippen molar-refractivity contribution < 1.29 is 9.53 Å². The second-order valence-corrected chi connectivity index (χ2v) is 4.38. The lowest BCUT2D eigenvalue weighted by Crippen LogP contribution is -1.97. The van der Waals surface area contributed by atoms with Crippen molar-refractivity contribution in [3.8, 4) is 17.0 Å². The van der Waals surface area contributed by atoms with Crippen LogP contribution in [-0.2, 0) is 0 Å². The molecule has 0 amide bonds. The summed E-state index contributed by atoms with van der Waals surface area (Å²) >= 11 is 0. The van der Waals surface area contributed by atoms with Gasteiger partial charge in [-0.25, -0.2) is 0 Å². The number of carbonyl (C=O) groups excluding carboxylic acids is 1. The molecule has 1 aromatic carbocycles. The molecule has 0 bridgehead atoms. The molecule has 0 aliphatic rings. The van der Waals surface area contributed by atoms with E-state index in [0.717, 1.165) is 28.7 Å². The van der Waals surface area contributed by atoms with E-state index in [4.69, 9.17) is 10.5 Å². The first-order valence-electron chi connectivity index (χ1n) is 6.11. The van der Waals surface area contributed by atoms with Crippen molar-refractivity contribution in [3.05, 3.63) is 28.8 Å². The molecule has 5 nitrogen and oxygen atoms in total. The number of aromatic nitrogens is 2. The number of ether oxygens (including phenoxy) is 1. The Morgan fingerprint density at radius 1 is 1.37 bits per heavy atom. The molecule has 0 unspecified atom stereocenters. The van der Waals surface area contributed by atoms with E-state index in [1.807, 2.05) is 32.9 Å². The van der Waals surface area contributed by atoms with Crippen molar-refractivity contribution in [3.63, 3.8) is 0 Å². The van der Waals surface area contributed by atoms with Gasteiger partial charge in [0.15, 0.2) is 12.1 Å². The summed E-state index contributed by atoms with van der Waals surface area (Å²) in [6.45, 7) is 6.50. The minimum Gasteiger partial charge on any atom is -0.494 e. The Balaban J connectivity index is 2.57. The van der Waals surface area contributed by atoms with Crippen molar-refractivity contribution in [2.75, 3.05) is 12.3 Å². The highest BCUT2D eigenvalue weighted by atomic mass is 16.5. The first-order valence-corrected chi connectivity index (χ1v) is 6.11. The van der Waals surface area contributed by atoms with Crippen LogP contribution in [0.2, 0.25) is 0 Å². The number of aromatic amines is 1. The molecular formula is C14H17N3O2. The van der Waals surface area contributed by atoms with Crippen molar-refractivity contribution >= 4 is 12.1 Å². The van der Waals surface area contributed by atoms with E-state index in [1.54, 1.807) is 0 Å². The number of aryl methyl sites for hydroxylation is 2. The van der Waals surface area contributed by atoms with Gasteiger partial charge in [-0.3, -0.25) is 9.89 Å². The van der Waals surface area contributed by atoms with Gasteiger partial charge in [0.25, 0.3) is 0 Å². The summed E-state index contributed by atoms with van der Waals surface area (Å²) in [7, 11) is 0. The lowest BCUT2D eigenvalue weighted by molar-refractivity contribution is 0.112. The maximum absolute atomic E-state index is 11.1. The molecule has 0 atom stereocenters. The highest BCUT2D eigenvalue weighted by Crippen LogP contribution is 2.31. The number of rotatable bonds is 4. The number of hydrogen-bond donors (Lipinski definition) is 2. The molecule has 0 saturated carbocycles. The average molecular weight is 259 g/mol. The van der Waals surface area contributed by atoms with E-state index in [-0.39, 0.29) is 5.82 Å². The topological polar surface area (TPSA) is 81.0 Å². The molecule has 0 aliphatic carbocycles. The van der Waals surface area contributed by atoms with Crippen molar-refractivity contribution in [2.45, 2.75) is 20.8 Å². The van der Waals surface area contributed by atoms with Gasteiger partial charge in [0, 0.05) is 5.56 Å². The Bertz CT molecular complexity index is 617. The van der Waals surface area contributed by atoms with E-state index in [0.29, 0.717) is 17.9 Å². The third-order valence-electron chi connectivity index (χ3n) is 3.04. The number of H-pyrrole nitrogens is 1. The molecule has 19 heavy (non-hydrogen) atoms. The van der Waals surface area contributed by atoms with E-state index < -0.39 is 0 Å². The van der Waals surface area contributed by atoms with Crippen LogP contribution < -0.4 is 10.5 Å². The molecule has 0 aliphatic heterocycles. The second-order valence-electron chi connectivity index (χ2n) is 4.38. The number of benzene rings is 1. The number of nitrogen functional groups attached to an aromatic ring is 1. The predicted molar refractivity (Wildman–Crippen MR) is 74.5 cm³/mol. The van der Waals surface area contributed by atoms with Gasteiger partial charge in [-0.15, -0.1) is 0 Å². The van der Waals surface area contributed by atoms with Gasteiger partial charge >= 0.3 is 0 Å². The fourth-order valence-corrected chi connectivity index (χ4v) is 2.06. The van der Waals surface area contributed by atoms with Crippen molar-refractivity contribution in [1.29, 1.82) is 0 Å². The molecule has 1 heterocycles. The number of hydrogen-bond acceptors (Lipinski definition) is 4. The van der Waals surface area contributed by atoms with E-state index in [1.165, 1.54) is 0 Å². The molecule has 0 saturated heterocycles. The largest absolute Gasteiger partial charge is 0.494 e. The van der Waals surface area contributed by atoms with E-state index in [2.05, 4.69) is 10.2 Å². The Kier molecular flexibility index (Phi) is 3.55. The smallest absolute Gasteiger partial charge is 0.156 e. The zero-order valence-electron chi connectivity index (χ0n) is 11.3. The number of anilines is 1. The summed E-state index contributed by atoms with van der Waals surface area (Å²) < 4.78 is 5.55. The number of carbonyl (C=O) groups is 1. The van der Waals surface area contributed by atoms with Gasteiger partial charge in [-0.1, -0.05) is 0 Å². The minimum absolute atomic E-state index is 0.218. The maximum Gasteiger partial charge on any atom is 0.156 e. The summed E-state index contributed by atoms with van der Waals surface area (Å²) in [4.78, 5) is 11.1. The number of nitrogens with zero attached hydrogens (tertiary/aromatic N) is 1. The third-order valence-corrected chi connectivity index (χ3v) is 3.04. The molecule has 2 rings (SSSR count). The predicted octanol–water partition coefficient (Wildman–Crippen LogP) is 2.49. The molecular weight excluding hydrogens is 242 g/mol. The molecule has 100 valence electrons. The van der Waals surface area contributed by atoms with Gasteiger partial charge in [0.2, 0.25) is 0 Å². The summed E-state index contributed by atoms with van der Waals surface area (Å²) in [5.41, 5.74) is 9.62. The first kappa shape index (κ1) is 13.1. The molecule has 1 aromatic heterocycles. The van der Waals surface area contributed by atoms with E-state index in [9.17, 15) is 4.79 Å². The quantitative estimate of drug-likeness (QED) is 0.826. The van der Waals surface area contributed by atoms with Crippen LogP contribution in [0.25, 0.3) is 11.3 Å². The zero-order chi connectivity index (χ0) is 14.0. The standard InChI is InChI=1S/C14H17N3O2/c1-4-19-12-6-8(2)10(5-9(12)3)13-11(7-18)14(15)17-16-13/h5-7H,4H2,1-3H3,(H3,15,16,17). The van der Waals surface area contributed by atoms with Crippen LogP contribution in [0, 0.1) is 13.8 Å². The van der Waals surface area contributed by atoms with Crippen LogP contribution in [0.5, 0.6) is 5.75 Å². The van der Waals surface area contributed by atoms with Crippen LogP contribution >= 0.6 is 0 Å². The molecule has 2 aromatic rings. The second kappa shape index (κ2) is 5.14. The van der Waals surface area contributed by atoms with Crippen LogP contribution in [-0.4, -0.2) is 23.1 Å². The summed E-state index contributed by atoms with van der Waals surface area (Å²) in [6.07, 6.45) is 0.722. The van der Waals surface area contributed by atoms with Crippen molar-refractivity contribution in [1.82, 2.24) is 10.2 Å². The molecule has 5 heteroatoms. The van der Waals surface area contributed by atoms with Gasteiger partial charge in [-0.05, 0) is 44.0 Å². The monoisotopic (exact) mass is 259 g/mol. The highest BCUT2D eigenvalue weighted by Gasteiger charge is 2.15. The van der Waals surface area contributed by atoms with Crippen LogP contribution in [0.15, 0.2) is 12.1 Å². The van der Waals surface area contributed by atoms with Crippen LogP contribution in [0.4, 0.5) is 5.82 Å². The zero-order valence-corrected chi connectivity index (χ0v) is 11.3. The number of nitrogens with two attached hydrogens (primary N) is 1. The van der Waals surface area contributed by atoms with Gasteiger partial charge in [0.1, 0.15) is 5.75 Å². The fraction of sp³-hybridized carbons (Fsp3) is 0.286. The summed E-state index contributed by atoms with van der Waals surface area (Å²) in [5.74, 6) is 1.07. The third kappa shape index (κ3) is 2.31. The summed E-state index contributed by atoms with van der Waals surface area (Å²) in [5, 5.41) is 6.70. The molecule has 0 fully saturated rings. The van der Waals surface area contributed by atoms with Gasteiger partial charge < -0.3 is 10.5 Å². The SMILES string of the molecule is CCOc1cc(C)c(-c2[nH]nc(N)c2C=O)cc1C. The Hall–Kier alpha value is -2.30.